The number of carbonyl (C=O) groups is 1. The van der Waals surface area contributed by atoms with Crippen molar-refractivity contribution in [1.82, 2.24) is 15.1 Å². The van der Waals surface area contributed by atoms with Crippen molar-refractivity contribution in [3.8, 4) is 0 Å². The third-order valence-corrected chi connectivity index (χ3v) is 4.64. The zero-order valence-electron chi connectivity index (χ0n) is 11.0. The molecule has 0 aromatic heterocycles. The molecule has 2 atom stereocenters. The van der Waals surface area contributed by atoms with Gasteiger partial charge in [0.05, 0.1) is 6.04 Å². The summed E-state index contributed by atoms with van der Waals surface area (Å²) in [6.45, 7) is 2.73. The fourth-order valence-electron chi connectivity index (χ4n) is 2.95. The summed E-state index contributed by atoms with van der Waals surface area (Å²) in [6.07, 6.45) is 1.06. The third-order valence-electron chi connectivity index (χ3n) is 4.11. The highest BCUT2D eigenvalue weighted by atomic mass is 79.9. The Morgan fingerprint density at radius 3 is 2.68 bits per heavy atom. The second-order valence-corrected chi connectivity index (χ2v) is 6.18. The van der Waals surface area contributed by atoms with Gasteiger partial charge in [-0.1, -0.05) is 28.1 Å². The van der Waals surface area contributed by atoms with Crippen LogP contribution in [0.3, 0.4) is 0 Å². The normalized spacial score (nSPS) is 27.4. The van der Waals surface area contributed by atoms with Crippen LogP contribution in [-0.2, 0) is 0 Å². The van der Waals surface area contributed by atoms with Gasteiger partial charge in [0, 0.05) is 30.7 Å². The van der Waals surface area contributed by atoms with Gasteiger partial charge in [0.2, 0.25) is 0 Å². The largest absolute Gasteiger partial charge is 0.320 e. The Labute approximate surface area is 121 Å². The van der Waals surface area contributed by atoms with E-state index < -0.39 is 0 Å². The van der Waals surface area contributed by atoms with Crippen LogP contribution in [0.4, 0.5) is 4.79 Å². The van der Waals surface area contributed by atoms with Gasteiger partial charge in [0.15, 0.2) is 0 Å². The first-order valence-corrected chi connectivity index (χ1v) is 7.46. The van der Waals surface area contributed by atoms with E-state index in [4.69, 9.17) is 0 Å². The molecule has 0 aliphatic carbocycles. The first-order chi connectivity index (χ1) is 9.16. The monoisotopic (exact) mass is 323 g/mol. The number of halogens is 1. The lowest BCUT2D eigenvalue weighted by Crippen LogP contribution is -2.39. The van der Waals surface area contributed by atoms with Crippen molar-refractivity contribution in [1.29, 1.82) is 0 Å². The molecule has 1 aromatic carbocycles. The van der Waals surface area contributed by atoms with Crippen LogP contribution in [0.25, 0.3) is 0 Å². The maximum Gasteiger partial charge on any atom is 0.320 e. The highest BCUT2D eigenvalue weighted by Crippen LogP contribution is 2.31. The number of hydrogen-bond donors (Lipinski definition) is 1. The van der Waals surface area contributed by atoms with Crippen LogP contribution >= 0.6 is 15.9 Å². The van der Waals surface area contributed by atoms with E-state index in [1.807, 2.05) is 29.0 Å². The van der Waals surface area contributed by atoms with Crippen LogP contribution in [0.2, 0.25) is 0 Å². The average Bonchev–Trinajstić information content (AvgIpc) is 3.02. The fourth-order valence-corrected chi connectivity index (χ4v) is 3.21. The number of carbonyl (C=O) groups excluding carboxylic acids is 1. The van der Waals surface area contributed by atoms with Crippen molar-refractivity contribution in [2.75, 3.05) is 26.7 Å². The maximum absolute atomic E-state index is 12.4. The van der Waals surface area contributed by atoms with Gasteiger partial charge in [-0.3, -0.25) is 0 Å². The van der Waals surface area contributed by atoms with Crippen molar-refractivity contribution in [3.63, 3.8) is 0 Å². The minimum Gasteiger partial charge on any atom is -0.319 e. The van der Waals surface area contributed by atoms with Crippen molar-refractivity contribution in [3.05, 3.63) is 34.3 Å². The SMILES string of the molecule is CN1C(=O)N(C2CCNC2)CC1c1ccc(Br)cc1. The molecule has 2 heterocycles. The molecular formula is C14H18BrN3O. The summed E-state index contributed by atoms with van der Waals surface area (Å²) >= 11 is 3.45. The molecular weight excluding hydrogens is 306 g/mol. The van der Waals surface area contributed by atoms with Crippen LogP contribution in [0, 0.1) is 0 Å². The van der Waals surface area contributed by atoms with E-state index >= 15 is 0 Å². The number of amides is 2. The zero-order valence-corrected chi connectivity index (χ0v) is 12.6. The second-order valence-electron chi connectivity index (χ2n) is 5.26. The molecule has 5 heteroatoms. The van der Waals surface area contributed by atoms with E-state index in [-0.39, 0.29) is 12.1 Å². The van der Waals surface area contributed by atoms with E-state index in [0.29, 0.717) is 6.04 Å². The third kappa shape index (κ3) is 2.37. The van der Waals surface area contributed by atoms with Gasteiger partial charge in [-0.25, -0.2) is 4.79 Å². The lowest BCUT2D eigenvalue weighted by molar-refractivity contribution is 0.184. The summed E-state index contributed by atoms with van der Waals surface area (Å²) < 4.78 is 1.07. The quantitative estimate of drug-likeness (QED) is 0.905. The first kappa shape index (κ1) is 12.9. The molecule has 19 heavy (non-hydrogen) atoms. The zero-order chi connectivity index (χ0) is 13.4. The van der Waals surface area contributed by atoms with Crippen LogP contribution in [-0.4, -0.2) is 48.6 Å². The van der Waals surface area contributed by atoms with Crippen LogP contribution in [0.15, 0.2) is 28.7 Å². The summed E-state index contributed by atoms with van der Waals surface area (Å²) in [5, 5.41) is 3.33. The molecule has 102 valence electrons. The Morgan fingerprint density at radius 2 is 2.05 bits per heavy atom. The van der Waals surface area contributed by atoms with E-state index in [1.165, 1.54) is 5.56 Å². The number of nitrogens with zero attached hydrogens (tertiary/aromatic N) is 2. The van der Waals surface area contributed by atoms with Crippen LogP contribution < -0.4 is 5.32 Å². The minimum absolute atomic E-state index is 0.154. The number of hydrogen-bond acceptors (Lipinski definition) is 2. The van der Waals surface area contributed by atoms with E-state index in [9.17, 15) is 4.79 Å². The van der Waals surface area contributed by atoms with Gasteiger partial charge >= 0.3 is 6.03 Å². The Morgan fingerprint density at radius 1 is 1.32 bits per heavy atom. The Kier molecular flexibility index (Phi) is 3.50. The molecule has 4 nitrogen and oxygen atoms in total. The Hall–Kier alpha value is -1.07. The summed E-state index contributed by atoms with van der Waals surface area (Å²) in [5.41, 5.74) is 1.20. The number of rotatable bonds is 2. The molecule has 0 saturated carbocycles. The molecule has 1 N–H and O–H groups in total. The molecule has 2 aliphatic heterocycles. The molecule has 1 aromatic rings. The smallest absolute Gasteiger partial charge is 0.319 e. The summed E-state index contributed by atoms with van der Waals surface area (Å²) in [4.78, 5) is 16.2. The summed E-state index contributed by atoms with van der Waals surface area (Å²) in [7, 11) is 1.90. The van der Waals surface area contributed by atoms with Gasteiger partial charge in [-0.15, -0.1) is 0 Å². The topological polar surface area (TPSA) is 35.6 Å². The van der Waals surface area contributed by atoms with Gasteiger partial charge in [0.1, 0.15) is 0 Å². The fraction of sp³-hybridized carbons (Fsp3) is 0.500. The molecule has 0 radical (unpaired) electrons. The van der Waals surface area contributed by atoms with Crippen molar-refractivity contribution < 1.29 is 4.79 Å². The molecule has 2 saturated heterocycles. The standard InChI is InChI=1S/C14H18BrN3O/c1-17-13(10-2-4-11(15)5-3-10)9-18(14(17)19)12-6-7-16-8-12/h2-5,12-13,16H,6-9H2,1H3. The number of likely N-dealkylation sites (N-methyl/N-ethyl adjacent to an activating group) is 1. The maximum atomic E-state index is 12.4. The minimum atomic E-state index is 0.154. The summed E-state index contributed by atoms with van der Waals surface area (Å²) in [6, 6.07) is 8.93. The highest BCUT2D eigenvalue weighted by Gasteiger charge is 2.39. The molecule has 0 bridgehead atoms. The van der Waals surface area contributed by atoms with Gasteiger partial charge < -0.3 is 15.1 Å². The van der Waals surface area contributed by atoms with Crippen LogP contribution in [0.1, 0.15) is 18.0 Å². The van der Waals surface area contributed by atoms with Crippen molar-refractivity contribution in [2.45, 2.75) is 18.5 Å². The molecule has 2 aliphatic rings. The van der Waals surface area contributed by atoms with Crippen LogP contribution in [0.5, 0.6) is 0 Å². The summed E-state index contributed by atoms with van der Waals surface area (Å²) in [5.74, 6) is 0. The van der Waals surface area contributed by atoms with Crippen molar-refractivity contribution >= 4 is 22.0 Å². The molecule has 2 unspecified atom stereocenters. The Bertz CT molecular complexity index is 470. The molecule has 0 spiro atoms. The number of urea groups is 1. The van der Waals surface area contributed by atoms with Gasteiger partial charge in [-0.2, -0.15) is 0 Å². The highest BCUT2D eigenvalue weighted by molar-refractivity contribution is 9.10. The second kappa shape index (κ2) is 5.13. The first-order valence-electron chi connectivity index (χ1n) is 6.66. The molecule has 3 rings (SSSR count). The molecule has 2 fully saturated rings. The predicted molar refractivity (Wildman–Crippen MR) is 78.0 cm³/mol. The number of benzene rings is 1. The van der Waals surface area contributed by atoms with E-state index in [2.05, 4.69) is 33.4 Å². The average molecular weight is 324 g/mol. The number of nitrogens with one attached hydrogen (secondary N) is 1. The lowest BCUT2D eigenvalue weighted by atomic mass is 10.1. The van der Waals surface area contributed by atoms with Crippen molar-refractivity contribution in [2.24, 2.45) is 0 Å². The van der Waals surface area contributed by atoms with E-state index in [1.54, 1.807) is 0 Å². The Balaban J connectivity index is 1.80. The molecule has 2 amide bonds. The predicted octanol–water partition coefficient (Wildman–Crippen LogP) is 2.22. The van der Waals surface area contributed by atoms with Gasteiger partial charge in [0.25, 0.3) is 0 Å². The van der Waals surface area contributed by atoms with E-state index in [0.717, 1.165) is 30.5 Å². The van der Waals surface area contributed by atoms with Gasteiger partial charge in [-0.05, 0) is 30.7 Å². The lowest BCUT2D eigenvalue weighted by Gasteiger charge is -2.22.